The standard InChI is InChI=1S/C14H13BrFNS/c15-12-2-1-3-14(7-12)18-9-10-4-5-13(16)6-11(10)8-17/h1-7H,8-9,17H2. The first kappa shape index (κ1) is 13.6. The average Bonchev–Trinajstić information content (AvgIpc) is 2.37. The summed E-state index contributed by atoms with van der Waals surface area (Å²) in [5, 5.41) is 0. The van der Waals surface area contributed by atoms with Crippen LogP contribution in [0.15, 0.2) is 51.8 Å². The summed E-state index contributed by atoms with van der Waals surface area (Å²) in [6.07, 6.45) is 0. The fraction of sp³-hybridized carbons (Fsp3) is 0.143. The van der Waals surface area contributed by atoms with E-state index in [-0.39, 0.29) is 5.82 Å². The van der Waals surface area contributed by atoms with Crippen molar-refractivity contribution in [3.63, 3.8) is 0 Å². The summed E-state index contributed by atoms with van der Waals surface area (Å²) in [4.78, 5) is 1.18. The van der Waals surface area contributed by atoms with E-state index >= 15 is 0 Å². The Morgan fingerprint density at radius 3 is 2.67 bits per heavy atom. The Bertz CT molecular complexity index is 545. The maximum Gasteiger partial charge on any atom is 0.123 e. The summed E-state index contributed by atoms with van der Waals surface area (Å²) in [6.45, 7) is 0.367. The molecule has 0 bridgehead atoms. The zero-order chi connectivity index (χ0) is 13.0. The van der Waals surface area contributed by atoms with Crippen LogP contribution in [0.4, 0.5) is 4.39 Å². The summed E-state index contributed by atoms with van der Waals surface area (Å²) in [5.41, 5.74) is 7.59. The van der Waals surface area contributed by atoms with Gasteiger partial charge in [0.05, 0.1) is 0 Å². The highest BCUT2D eigenvalue weighted by atomic mass is 79.9. The summed E-state index contributed by atoms with van der Waals surface area (Å²) < 4.78 is 14.1. The Labute approximate surface area is 119 Å². The molecule has 0 radical (unpaired) electrons. The first-order valence-corrected chi connectivity index (χ1v) is 7.32. The molecule has 0 fully saturated rings. The lowest BCUT2D eigenvalue weighted by Gasteiger charge is -2.08. The van der Waals surface area contributed by atoms with E-state index in [0.29, 0.717) is 6.54 Å². The molecule has 0 aromatic heterocycles. The minimum Gasteiger partial charge on any atom is -0.326 e. The van der Waals surface area contributed by atoms with Crippen molar-refractivity contribution in [1.82, 2.24) is 0 Å². The molecule has 0 heterocycles. The van der Waals surface area contributed by atoms with Crippen LogP contribution >= 0.6 is 27.7 Å². The molecule has 2 N–H and O–H groups in total. The first-order chi connectivity index (χ1) is 8.69. The Balaban J connectivity index is 2.10. The van der Waals surface area contributed by atoms with E-state index in [1.165, 1.54) is 17.0 Å². The van der Waals surface area contributed by atoms with Crippen LogP contribution in [0.1, 0.15) is 11.1 Å². The molecule has 0 aliphatic carbocycles. The molecule has 94 valence electrons. The summed E-state index contributed by atoms with van der Waals surface area (Å²) in [6, 6.07) is 12.9. The van der Waals surface area contributed by atoms with Crippen molar-refractivity contribution >= 4 is 27.7 Å². The van der Waals surface area contributed by atoms with E-state index in [9.17, 15) is 4.39 Å². The molecule has 0 amide bonds. The molecule has 2 rings (SSSR count). The number of rotatable bonds is 4. The van der Waals surface area contributed by atoms with Gasteiger partial charge in [0.2, 0.25) is 0 Å². The highest BCUT2D eigenvalue weighted by molar-refractivity contribution is 9.10. The van der Waals surface area contributed by atoms with Crippen molar-refractivity contribution in [3.8, 4) is 0 Å². The molecule has 4 heteroatoms. The number of hydrogen-bond donors (Lipinski definition) is 1. The van der Waals surface area contributed by atoms with E-state index in [2.05, 4.69) is 28.1 Å². The molecule has 1 nitrogen and oxygen atoms in total. The number of hydrogen-bond acceptors (Lipinski definition) is 2. The maximum atomic E-state index is 13.1. The lowest BCUT2D eigenvalue weighted by atomic mass is 10.1. The molecular formula is C14H13BrFNS. The van der Waals surface area contributed by atoms with Gasteiger partial charge in [-0.3, -0.25) is 0 Å². The monoisotopic (exact) mass is 325 g/mol. The summed E-state index contributed by atoms with van der Waals surface area (Å²) in [5.74, 6) is 0.565. The minimum absolute atomic E-state index is 0.230. The SMILES string of the molecule is NCc1cc(F)ccc1CSc1cccc(Br)c1. The molecule has 0 spiro atoms. The molecule has 2 aromatic rings. The lowest BCUT2D eigenvalue weighted by molar-refractivity contribution is 0.624. The van der Waals surface area contributed by atoms with Gasteiger partial charge in [0.15, 0.2) is 0 Å². The van der Waals surface area contributed by atoms with Gasteiger partial charge in [-0.2, -0.15) is 0 Å². The van der Waals surface area contributed by atoms with E-state index < -0.39 is 0 Å². The Morgan fingerprint density at radius 2 is 1.94 bits per heavy atom. The molecule has 0 aliphatic rings. The van der Waals surface area contributed by atoms with E-state index in [4.69, 9.17) is 5.73 Å². The van der Waals surface area contributed by atoms with Crippen LogP contribution in [-0.2, 0) is 12.3 Å². The average molecular weight is 326 g/mol. The molecule has 0 saturated carbocycles. The van der Waals surface area contributed by atoms with Crippen LogP contribution in [0.3, 0.4) is 0 Å². The number of benzene rings is 2. The van der Waals surface area contributed by atoms with Gasteiger partial charge in [-0.05, 0) is 41.5 Å². The molecule has 0 atom stereocenters. The molecule has 0 aliphatic heterocycles. The fourth-order valence-corrected chi connectivity index (χ4v) is 3.18. The number of halogens is 2. The van der Waals surface area contributed by atoms with E-state index in [0.717, 1.165) is 21.4 Å². The van der Waals surface area contributed by atoms with Crippen LogP contribution in [0, 0.1) is 5.82 Å². The second-order valence-corrected chi connectivity index (χ2v) is 5.83. The van der Waals surface area contributed by atoms with Crippen molar-refractivity contribution in [2.45, 2.75) is 17.2 Å². The second kappa shape index (κ2) is 6.36. The summed E-state index contributed by atoms with van der Waals surface area (Å²) in [7, 11) is 0. The zero-order valence-corrected chi connectivity index (χ0v) is 12.1. The minimum atomic E-state index is -0.230. The normalized spacial score (nSPS) is 10.6. The van der Waals surface area contributed by atoms with Crippen molar-refractivity contribution in [2.24, 2.45) is 5.73 Å². The predicted molar refractivity (Wildman–Crippen MR) is 78.0 cm³/mol. The highest BCUT2D eigenvalue weighted by Crippen LogP contribution is 2.26. The Hall–Kier alpha value is -0.840. The smallest absolute Gasteiger partial charge is 0.123 e. The van der Waals surface area contributed by atoms with Gasteiger partial charge < -0.3 is 5.73 Å². The molecule has 0 saturated heterocycles. The maximum absolute atomic E-state index is 13.1. The predicted octanol–water partition coefficient (Wildman–Crippen LogP) is 4.34. The van der Waals surface area contributed by atoms with Crippen LogP contribution in [0.5, 0.6) is 0 Å². The third-order valence-corrected chi connectivity index (χ3v) is 4.11. The van der Waals surface area contributed by atoms with Gasteiger partial charge in [0, 0.05) is 21.7 Å². The van der Waals surface area contributed by atoms with Crippen LogP contribution in [0.25, 0.3) is 0 Å². The molecule has 18 heavy (non-hydrogen) atoms. The highest BCUT2D eigenvalue weighted by Gasteiger charge is 2.04. The van der Waals surface area contributed by atoms with Gasteiger partial charge in [-0.15, -0.1) is 11.8 Å². The van der Waals surface area contributed by atoms with Gasteiger partial charge in [0.1, 0.15) is 5.82 Å². The van der Waals surface area contributed by atoms with Crippen molar-refractivity contribution < 1.29 is 4.39 Å². The van der Waals surface area contributed by atoms with Gasteiger partial charge in [-0.25, -0.2) is 4.39 Å². The first-order valence-electron chi connectivity index (χ1n) is 5.55. The second-order valence-electron chi connectivity index (χ2n) is 3.86. The fourth-order valence-electron chi connectivity index (χ4n) is 1.64. The van der Waals surface area contributed by atoms with Gasteiger partial charge in [0.25, 0.3) is 0 Å². The topological polar surface area (TPSA) is 26.0 Å². The molecule has 0 unspecified atom stereocenters. The van der Waals surface area contributed by atoms with Crippen molar-refractivity contribution in [1.29, 1.82) is 0 Å². The van der Waals surface area contributed by atoms with Crippen LogP contribution in [0.2, 0.25) is 0 Å². The van der Waals surface area contributed by atoms with E-state index in [1.54, 1.807) is 11.8 Å². The van der Waals surface area contributed by atoms with Gasteiger partial charge >= 0.3 is 0 Å². The van der Waals surface area contributed by atoms with E-state index in [1.807, 2.05) is 18.2 Å². The molecular weight excluding hydrogens is 313 g/mol. The van der Waals surface area contributed by atoms with Crippen molar-refractivity contribution in [2.75, 3.05) is 0 Å². The molecule has 2 aromatic carbocycles. The number of nitrogens with two attached hydrogens (primary N) is 1. The lowest BCUT2D eigenvalue weighted by Crippen LogP contribution is -2.01. The van der Waals surface area contributed by atoms with Crippen LogP contribution < -0.4 is 5.73 Å². The number of thioether (sulfide) groups is 1. The third-order valence-electron chi connectivity index (χ3n) is 2.58. The quantitative estimate of drug-likeness (QED) is 0.846. The van der Waals surface area contributed by atoms with Crippen molar-refractivity contribution in [3.05, 3.63) is 63.9 Å². The zero-order valence-electron chi connectivity index (χ0n) is 9.70. The summed E-state index contributed by atoms with van der Waals surface area (Å²) >= 11 is 5.16. The Morgan fingerprint density at radius 1 is 1.11 bits per heavy atom. The van der Waals surface area contributed by atoms with Gasteiger partial charge in [-0.1, -0.05) is 28.1 Å². The third kappa shape index (κ3) is 3.57. The van der Waals surface area contributed by atoms with Crippen LogP contribution in [-0.4, -0.2) is 0 Å². The Kier molecular flexibility index (Phi) is 4.80. The largest absolute Gasteiger partial charge is 0.326 e.